The number of hydrogen-bond acceptors (Lipinski definition) is 4. The Labute approximate surface area is 108 Å². The van der Waals surface area contributed by atoms with Crippen LogP contribution in [0.4, 0.5) is 0 Å². The molecule has 2 rings (SSSR count). The zero-order chi connectivity index (χ0) is 11.9. The summed E-state index contributed by atoms with van der Waals surface area (Å²) < 4.78 is 5.46. The number of ether oxygens (including phenoxy) is 1. The van der Waals surface area contributed by atoms with E-state index in [-0.39, 0.29) is 0 Å². The predicted molar refractivity (Wildman–Crippen MR) is 72.7 cm³/mol. The molecule has 1 saturated heterocycles. The third kappa shape index (κ3) is 4.76. The molecule has 1 fully saturated rings. The van der Waals surface area contributed by atoms with Gasteiger partial charge in [0, 0.05) is 30.1 Å². The van der Waals surface area contributed by atoms with Crippen LogP contribution in [-0.2, 0) is 11.2 Å². The van der Waals surface area contributed by atoms with E-state index in [9.17, 15) is 0 Å². The van der Waals surface area contributed by atoms with Gasteiger partial charge in [-0.3, -0.25) is 0 Å². The lowest BCUT2D eigenvalue weighted by molar-refractivity contribution is 0.0713. The quantitative estimate of drug-likeness (QED) is 0.810. The molecule has 3 nitrogen and oxygen atoms in total. The van der Waals surface area contributed by atoms with Crippen molar-refractivity contribution in [1.29, 1.82) is 0 Å². The molecule has 1 aliphatic heterocycles. The zero-order valence-electron chi connectivity index (χ0n) is 10.4. The van der Waals surface area contributed by atoms with Gasteiger partial charge in [0.2, 0.25) is 0 Å². The fraction of sp³-hybridized carbons (Fsp3) is 0.692. The topological polar surface area (TPSA) is 33.3 Å². The number of hydrogen-bond donors (Lipinski definition) is 2. The highest BCUT2D eigenvalue weighted by atomic mass is 32.1. The minimum absolute atomic E-state index is 0.521. The maximum atomic E-state index is 5.46. The second-order valence-electron chi connectivity index (χ2n) is 4.65. The van der Waals surface area contributed by atoms with Gasteiger partial charge in [-0.15, -0.1) is 11.3 Å². The minimum Gasteiger partial charge on any atom is -0.379 e. The average molecular weight is 254 g/mol. The Kier molecular flexibility index (Phi) is 5.45. The molecule has 0 saturated carbocycles. The molecule has 0 radical (unpaired) electrons. The summed E-state index contributed by atoms with van der Waals surface area (Å²) in [5, 5.41) is 9.21. The summed E-state index contributed by atoms with van der Waals surface area (Å²) in [6.45, 7) is 6.03. The zero-order valence-corrected chi connectivity index (χ0v) is 11.3. The highest BCUT2D eigenvalue weighted by molar-refractivity contribution is 7.09. The van der Waals surface area contributed by atoms with Crippen LogP contribution in [-0.4, -0.2) is 38.4 Å². The molecular formula is C13H22N2OS. The van der Waals surface area contributed by atoms with E-state index in [1.807, 2.05) is 11.3 Å². The molecule has 0 spiro atoms. The number of nitrogens with one attached hydrogen (secondary N) is 2. The third-order valence-corrected chi connectivity index (χ3v) is 4.02. The maximum Gasteiger partial charge on any atom is 0.0620 e. The molecule has 4 heteroatoms. The summed E-state index contributed by atoms with van der Waals surface area (Å²) in [6.07, 6.45) is 2.28. The largest absolute Gasteiger partial charge is 0.379 e. The first-order valence-electron chi connectivity index (χ1n) is 6.41. The van der Waals surface area contributed by atoms with E-state index in [1.54, 1.807) is 0 Å². The summed E-state index contributed by atoms with van der Waals surface area (Å²) in [7, 11) is 0. The highest BCUT2D eigenvalue weighted by Crippen LogP contribution is 2.08. The van der Waals surface area contributed by atoms with Gasteiger partial charge in [-0.2, -0.15) is 0 Å². The molecule has 2 N–H and O–H groups in total. The smallest absolute Gasteiger partial charge is 0.0620 e. The van der Waals surface area contributed by atoms with Gasteiger partial charge < -0.3 is 15.4 Å². The Bertz CT molecular complexity index is 296. The molecule has 2 atom stereocenters. The van der Waals surface area contributed by atoms with Crippen LogP contribution in [0.3, 0.4) is 0 Å². The molecule has 0 bridgehead atoms. The van der Waals surface area contributed by atoms with E-state index in [2.05, 4.69) is 35.1 Å². The van der Waals surface area contributed by atoms with Crippen molar-refractivity contribution < 1.29 is 4.74 Å². The lowest BCUT2D eigenvalue weighted by atomic mass is 10.1. The van der Waals surface area contributed by atoms with Gasteiger partial charge in [0.1, 0.15) is 0 Å². The van der Waals surface area contributed by atoms with Gasteiger partial charge in [-0.1, -0.05) is 6.07 Å². The standard InChI is InChI=1S/C13H22N2OS/c1-11(9-12-10-16-7-6-15-12)14-5-4-13-3-2-8-17-13/h2-3,8,11-12,14-15H,4-7,9-10H2,1H3. The first-order chi connectivity index (χ1) is 8.34. The molecular weight excluding hydrogens is 232 g/mol. The van der Waals surface area contributed by atoms with Crippen molar-refractivity contribution in [2.24, 2.45) is 0 Å². The highest BCUT2D eigenvalue weighted by Gasteiger charge is 2.15. The van der Waals surface area contributed by atoms with E-state index < -0.39 is 0 Å². The molecule has 2 heterocycles. The van der Waals surface area contributed by atoms with Gasteiger partial charge in [0.25, 0.3) is 0 Å². The van der Waals surface area contributed by atoms with Crippen molar-refractivity contribution in [2.75, 3.05) is 26.3 Å². The molecule has 0 amide bonds. The normalized spacial score (nSPS) is 22.5. The molecule has 0 aromatic carbocycles. The van der Waals surface area contributed by atoms with Crippen molar-refractivity contribution in [3.05, 3.63) is 22.4 Å². The first-order valence-corrected chi connectivity index (χ1v) is 7.29. The summed E-state index contributed by atoms with van der Waals surface area (Å²) >= 11 is 1.84. The fourth-order valence-electron chi connectivity index (χ4n) is 2.18. The fourth-order valence-corrected chi connectivity index (χ4v) is 2.89. The van der Waals surface area contributed by atoms with Crippen LogP contribution in [0, 0.1) is 0 Å². The van der Waals surface area contributed by atoms with Crippen LogP contribution in [0.1, 0.15) is 18.2 Å². The molecule has 1 aromatic heterocycles. The van der Waals surface area contributed by atoms with Gasteiger partial charge in [-0.25, -0.2) is 0 Å². The Morgan fingerprint density at radius 2 is 2.59 bits per heavy atom. The maximum absolute atomic E-state index is 5.46. The lowest BCUT2D eigenvalue weighted by Gasteiger charge is -2.26. The van der Waals surface area contributed by atoms with E-state index in [0.29, 0.717) is 12.1 Å². The van der Waals surface area contributed by atoms with Crippen LogP contribution in [0.2, 0.25) is 0 Å². The van der Waals surface area contributed by atoms with Crippen LogP contribution >= 0.6 is 11.3 Å². The second kappa shape index (κ2) is 7.11. The summed E-state index contributed by atoms with van der Waals surface area (Å²) in [5.74, 6) is 0. The van der Waals surface area contributed by atoms with Crippen molar-refractivity contribution in [2.45, 2.75) is 31.8 Å². The summed E-state index contributed by atoms with van der Waals surface area (Å²) in [5.41, 5.74) is 0. The van der Waals surface area contributed by atoms with Crippen LogP contribution in [0.25, 0.3) is 0 Å². The summed E-state index contributed by atoms with van der Waals surface area (Å²) in [6, 6.07) is 5.39. The Morgan fingerprint density at radius 1 is 1.65 bits per heavy atom. The SMILES string of the molecule is CC(CC1COCCN1)NCCc1cccs1. The van der Waals surface area contributed by atoms with Crippen molar-refractivity contribution in [1.82, 2.24) is 10.6 Å². The Morgan fingerprint density at radius 3 is 3.29 bits per heavy atom. The monoisotopic (exact) mass is 254 g/mol. The van der Waals surface area contributed by atoms with Crippen molar-refractivity contribution in [3.8, 4) is 0 Å². The van der Waals surface area contributed by atoms with Gasteiger partial charge in [0.05, 0.1) is 13.2 Å². The summed E-state index contributed by atoms with van der Waals surface area (Å²) in [4.78, 5) is 1.46. The van der Waals surface area contributed by atoms with Crippen LogP contribution in [0.15, 0.2) is 17.5 Å². The molecule has 2 unspecified atom stereocenters. The van der Waals surface area contributed by atoms with Crippen LogP contribution in [0.5, 0.6) is 0 Å². The van der Waals surface area contributed by atoms with Crippen molar-refractivity contribution >= 4 is 11.3 Å². The van der Waals surface area contributed by atoms with Crippen LogP contribution < -0.4 is 10.6 Å². The molecule has 1 aliphatic rings. The molecule has 17 heavy (non-hydrogen) atoms. The molecule has 0 aliphatic carbocycles. The first kappa shape index (κ1) is 13.0. The number of rotatable bonds is 6. The van der Waals surface area contributed by atoms with E-state index in [1.165, 1.54) is 4.88 Å². The molecule has 1 aromatic rings. The third-order valence-electron chi connectivity index (χ3n) is 3.08. The predicted octanol–water partition coefficient (Wildman–Crippen LogP) is 1.65. The Balaban J connectivity index is 1.58. The van der Waals surface area contributed by atoms with E-state index in [4.69, 9.17) is 4.74 Å². The average Bonchev–Trinajstić information content (AvgIpc) is 2.83. The lowest BCUT2D eigenvalue weighted by Crippen LogP contribution is -2.45. The van der Waals surface area contributed by atoms with Gasteiger partial charge >= 0.3 is 0 Å². The van der Waals surface area contributed by atoms with E-state index in [0.717, 1.165) is 39.1 Å². The van der Waals surface area contributed by atoms with Gasteiger partial charge in [0.15, 0.2) is 0 Å². The number of thiophene rings is 1. The van der Waals surface area contributed by atoms with E-state index >= 15 is 0 Å². The number of morpholine rings is 1. The molecule has 96 valence electrons. The van der Waals surface area contributed by atoms with Crippen molar-refractivity contribution in [3.63, 3.8) is 0 Å². The Hall–Kier alpha value is -0.420. The van der Waals surface area contributed by atoms with Gasteiger partial charge in [-0.05, 0) is 31.2 Å². The minimum atomic E-state index is 0.521. The second-order valence-corrected chi connectivity index (χ2v) is 5.68.